The lowest BCUT2D eigenvalue weighted by Crippen LogP contribution is -2.16. The summed E-state index contributed by atoms with van der Waals surface area (Å²) in [6.07, 6.45) is 1.82. The van der Waals surface area contributed by atoms with Gasteiger partial charge in [0.05, 0.1) is 10.2 Å². The minimum atomic E-state index is -0.207. The van der Waals surface area contributed by atoms with Gasteiger partial charge in [-0.05, 0) is 38.1 Å². The number of rotatable bonds is 3. The topological polar surface area (TPSA) is 34.4 Å². The van der Waals surface area contributed by atoms with Gasteiger partial charge in [0.2, 0.25) is 0 Å². The molecule has 0 unspecified atom stereocenters. The molecule has 0 fully saturated rings. The average Bonchev–Trinajstić information content (AvgIpc) is 2.84. The van der Waals surface area contributed by atoms with Crippen molar-refractivity contribution in [1.29, 1.82) is 0 Å². The summed E-state index contributed by atoms with van der Waals surface area (Å²) in [5, 5.41) is 0. The Kier molecular flexibility index (Phi) is 4.26. The van der Waals surface area contributed by atoms with Gasteiger partial charge in [-0.15, -0.1) is 6.58 Å². The van der Waals surface area contributed by atoms with Crippen LogP contribution in [0.3, 0.4) is 0 Å². The summed E-state index contributed by atoms with van der Waals surface area (Å²) in [6.45, 7) is 8.40. The highest BCUT2D eigenvalue weighted by Crippen LogP contribution is 2.17. The van der Waals surface area contributed by atoms with E-state index in [-0.39, 0.29) is 5.91 Å². The molecule has 0 bridgehead atoms. The summed E-state index contributed by atoms with van der Waals surface area (Å²) in [5.41, 5.74) is 3.84. The van der Waals surface area contributed by atoms with Crippen LogP contribution in [0.1, 0.15) is 21.5 Å². The van der Waals surface area contributed by atoms with Crippen LogP contribution >= 0.6 is 11.3 Å². The number of aryl methyl sites for hydroxylation is 2. The molecule has 3 nitrogen and oxygen atoms in total. The summed E-state index contributed by atoms with van der Waals surface area (Å²) in [5.74, 6) is -0.207. The molecule has 0 radical (unpaired) electrons. The van der Waals surface area contributed by atoms with Gasteiger partial charge in [0.25, 0.3) is 5.91 Å². The van der Waals surface area contributed by atoms with Crippen molar-refractivity contribution >= 4 is 27.5 Å². The smallest absolute Gasteiger partial charge is 0.279 e. The van der Waals surface area contributed by atoms with Gasteiger partial charge in [-0.3, -0.25) is 4.79 Å². The van der Waals surface area contributed by atoms with Gasteiger partial charge >= 0.3 is 0 Å². The molecule has 4 heteroatoms. The number of carbonyl (C=O) groups is 1. The molecule has 116 valence electrons. The number of amides is 1. The van der Waals surface area contributed by atoms with Crippen LogP contribution in [0.25, 0.3) is 10.2 Å². The fourth-order valence-electron chi connectivity index (χ4n) is 2.66. The van der Waals surface area contributed by atoms with Gasteiger partial charge in [-0.2, -0.15) is 4.99 Å². The molecule has 0 saturated heterocycles. The van der Waals surface area contributed by atoms with Gasteiger partial charge in [0.15, 0.2) is 4.80 Å². The maximum absolute atomic E-state index is 12.6. The van der Waals surface area contributed by atoms with Crippen LogP contribution in [0.2, 0.25) is 0 Å². The summed E-state index contributed by atoms with van der Waals surface area (Å²) in [4.78, 5) is 17.6. The zero-order valence-electron chi connectivity index (χ0n) is 13.2. The summed E-state index contributed by atoms with van der Waals surface area (Å²) >= 11 is 1.52. The molecular weight excluding hydrogens is 304 g/mol. The molecule has 3 aromatic rings. The van der Waals surface area contributed by atoms with Gasteiger partial charge in [-0.1, -0.05) is 46.7 Å². The van der Waals surface area contributed by atoms with E-state index >= 15 is 0 Å². The first-order valence-corrected chi connectivity index (χ1v) is 8.27. The highest BCUT2D eigenvalue weighted by Gasteiger charge is 2.09. The standard InChI is InChI=1S/C19H18N2OS/c1-4-9-21-16-7-5-6-8-17(16)23-19(21)20-18(22)15-11-13(2)10-14(3)12-15/h4-8,10-12H,1,9H2,2-3H3. The van der Waals surface area contributed by atoms with Crippen molar-refractivity contribution < 1.29 is 4.79 Å². The van der Waals surface area contributed by atoms with Crippen molar-refractivity contribution in [3.05, 3.63) is 76.6 Å². The SMILES string of the molecule is C=CCn1c(=NC(=O)c2cc(C)cc(C)c2)sc2ccccc21. The molecule has 0 spiro atoms. The van der Waals surface area contributed by atoms with Crippen LogP contribution in [0.15, 0.2) is 60.1 Å². The molecule has 0 N–H and O–H groups in total. The van der Waals surface area contributed by atoms with Gasteiger partial charge in [0, 0.05) is 12.1 Å². The summed E-state index contributed by atoms with van der Waals surface area (Å²) in [7, 11) is 0. The van der Waals surface area contributed by atoms with Crippen LogP contribution < -0.4 is 4.80 Å². The molecular formula is C19H18N2OS. The lowest BCUT2D eigenvalue weighted by atomic mass is 10.1. The maximum atomic E-state index is 12.6. The third-order valence-electron chi connectivity index (χ3n) is 3.57. The van der Waals surface area contributed by atoms with E-state index in [9.17, 15) is 4.79 Å². The monoisotopic (exact) mass is 322 g/mol. The van der Waals surface area contributed by atoms with Crippen LogP contribution in [-0.2, 0) is 6.54 Å². The van der Waals surface area contributed by atoms with E-state index in [0.717, 1.165) is 21.3 Å². The first-order chi connectivity index (χ1) is 11.1. The number of carbonyl (C=O) groups excluding carboxylic acids is 1. The largest absolute Gasteiger partial charge is 0.312 e. The minimum absolute atomic E-state index is 0.207. The Labute approximate surface area is 139 Å². The Bertz CT molecular complexity index is 943. The van der Waals surface area contributed by atoms with Crippen molar-refractivity contribution in [3.63, 3.8) is 0 Å². The Morgan fingerprint density at radius 2 is 1.91 bits per heavy atom. The number of hydrogen-bond donors (Lipinski definition) is 0. The first-order valence-electron chi connectivity index (χ1n) is 7.45. The van der Waals surface area contributed by atoms with E-state index < -0.39 is 0 Å². The lowest BCUT2D eigenvalue weighted by molar-refractivity contribution is 0.0997. The molecule has 2 aromatic carbocycles. The number of thiazole rings is 1. The highest BCUT2D eigenvalue weighted by molar-refractivity contribution is 7.16. The van der Waals surface area contributed by atoms with Crippen molar-refractivity contribution in [2.75, 3.05) is 0 Å². The molecule has 1 amide bonds. The predicted molar refractivity (Wildman–Crippen MR) is 95.8 cm³/mol. The molecule has 1 aromatic heterocycles. The predicted octanol–water partition coefficient (Wildman–Crippen LogP) is 4.25. The molecule has 0 atom stereocenters. The lowest BCUT2D eigenvalue weighted by Gasteiger charge is -2.02. The molecule has 0 aliphatic rings. The second-order valence-corrected chi connectivity index (χ2v) is 6.55. The van der Waals surface area contributed by atoms with Gasteiger partial charge in [0.1, 0.15) is 0 Å². The summed E-state index contributed by atoms with van der Waals surface area (Å²) < 4.78 is 3.13. The van der Waals surface area contributed by atoms with Crippen molar-refractivity contribution in [2.45, 2.75) is 20.4 Å². The van der Waals surface area contributed by atoms with E-state index in [2.05, 4.69) is 11.6 Å². The number of hydrogen-bond acceptors (Lipinski definition) is 2. The number of benzene rings is 2. The normalized spacial score (nSPS) is 11.8. The Balaban J connectivity index is 2.14. The molecule has 23 heavy (non-hydrogen) atoms. The van der Waals surface area contributed by atoms with E-state index in [1.165, 1.54) is 11.3 Å². The summed E-state index contributed by atoms with van der Waals surface area (Å²) in [6, 6.07) is 13.9. The molecule has 0 aliphatic heterocycles. The fraction of sp³-hybridized carbons (Fsp3) is 0.158. The minimum Gasteiger partial charge on any atom is -0.312 e. The quantitative estimate of drug-likeness (QED) is 0.664. The molecule has 1 heterocycles. The van der Waals surface area contributed by atoms with Crippen molar-refractivity contribution in [2.24, 2.45) is 4.99 Å². The average molecular weight is 322 g/mol. The second-order valence-electron chi connectivity index (χ2n) is 5.54. The maximum Gasteiger partial charge on any atom is 0.279 e. The van der Waals surface area contributed by atoms with E-state index in [0.29, 0.717) is 16.9 Å². The molecule has 3 rings (SSSR count). The van der Waals surface area contributed by atoms with Gasteiger partial charge < -0.3 is 4.57 Å². The molecule has 0 aliphatic carbocycles. The molecule has 0 saturated carbocycles. The second kappa shape index (κ2) is 6.34. The zero-order chi connectivity index (χ0) is 16.4. The third-order valence-corrected chi connectivity index (χ3v) is 4.63. The van der Waals surface area contributed by atoms with E-state index in [4.69, 9.17) is 0 Å². The number of para-hydroxylation sites is 1. The fourth-order valence-corrected chi connectivity index (χ4v) is 3.70. The van der Waals surface area contributed by atoms with Crippen LogP contribution in [0, 0.1) is 13.8 Å². The Hall–Kier alpha value is -2.46. The van der Waals surface area contributed by atoms with E-state index in [1.807, 2.05) is 67.0 Å². The number of aromatic nitrogens is 1. The highest BCUT2D eigenvalue weighted by atomic mass is 32.1. The van der Waals surface area contributed by atoms with Crippen LogP contribution in [-0.4, -0.2) is 10.5 Å². The Morgan fingerprint density at radius 1 is 1.22 bits per heavy atom. The zero-order valence-corrected chi connectivity index (χ0v) is 14.1. The van der Waals surface area contributed by atoms with E-state index in [1.54, 1.807) is 0 Å². The van der Waals surface area contributed by atoms with Crippen LogP contribution in [0.5, 0.6) is 0 Å². The van der Waals surface area contributed by atoms with Crippen molar-refractivity contribution in [1.82, 2.24) is 4.57 Å². The van der Waals surface area contributed by atoms with Gasteiger partial charge in [-0.25, -0.2) is 0 Å². The third kappa shape index (κ3) is 3.17. The number of nitrogens with zero attached hydrogens (tertiary/aromatic N) is 2. The van der Waals surface area contributed by atoms with Crippen LogP contribution in [0.4, 0.5) is 0 Å². The Morgan fingerprint density at radius 3 is 2.61 bits per heavy atom. The van der Waals surface area contributed by atoms with Crippen molar-refractivity contribution in [3.8, 4) is 0 Å². The number of fused-ring (bicyclic) bond motifs is 1. The number of allylic oxidation sites excluding steroid dienone is 1. The first kappa shape index (κ1) is 15.4.